The smallest absolute Gasteiger partial charge is 0.233 e. The van der Waals surface area contributed by atoms with Crippen LogP contribution in [0.15, 0.2) is 59.5 Å². The van der Waals surface area contributed by atoms with E-state index in [0.29, 0.717) is 0 Å². The SMILES string of the molecule is COc1ccccc1[C@H](C)NC(=O)[C@H](C)Sc1ccccc1. The fraction of sp³-hybridized carbons (Fsp3) is 0.278. The zero-order chi connectivity index (χ0) is 15.9. The lowest BCUT2D eigenvalue weighted by molar-refractivity contribution is -0.120. The van der Waals surface area contributed by atoms with Gasteiger partial charge in [0.2, 0.25) is 5.91 Å². The number of carbonyl (C=O) groups excluding carboxylic acids is 1. The molecule has 0 aromatic heterocycles. The summed E-state index contributed by atoms with van der Waals surface area (Å²) < 4.78 is 5.35. The topological polar surface area (TPSA) is 38.3 Å². The van der Waals surface area contributed by atoms with Crippen molar-refractivity contribution in [1.29, 1.82) is 0 Å². The number of hydrogen-bond donors (Lipinski definition) is 1. The molecule has 0 aliphatic rings. The second-order valence-electron chi connectivity index (χ2n) is 5.05. The van der Waals surface area contributed by atoms with Crippen molar-refractivity contribution in [2.24, 2.45) is 0 Å². The van der Waals surface area contributed by atoms with Crippen molar-refractivity contribution in [2.45, 2.75) is 30.0 Å². The molecular weight excluding hydrogens is 294 g/mol. The summed E-state index contributed by atoms with van der Waals surface area (Å²) in [5, 5.41) is 2.90. The van der Waals surface area contributed by atoms with Gasteiger partial charge in [0.1, 0.15) is 5.75 Å². The Morgan fingerprint density at radius 2 is 1.68 bits per heavy atom. The van der Waals surface area contributed by atoms with E-state index in [4.69, 9.17) is 4.74 Å². The van der Waals surface area contributed by atoms with Crippen LogP contribution in [0.2, 0.25) is 0 Å². The number of benzene rings is 2. The normalized spacial score (nSPS) is 13.2. The first-order valence-electron chi connectivity index (χ1n) is 7.27. The summed E-state index contributed by atoms with van der Waals surface area (Å²) in [6.45, 7) is 3.89. The number of rotatable bonds is 6. The Kier molecular flexibility index (Phi) is 5.90. The second kappa shape index (κ2) is 7.90. The third-order valence-corrected chi connectivity index (χ3v) is 4.50. The highest BCUT2D eigenvalue weighted by molar-refractivity contribution is 8.00. The molecule has 2 atom stereocenters. The van der Waals surface area contributed by atoms with Gasteiger partial charge < -0.3 is 10.1 Å². The Hall–Kier alpha value is -1.94. The molecule has 0 spiro atoms. The fourth-order valence-corrected chi connectivity index (χ4v) is 3.09. The molecule has 1 amide bonds. The van der Waals surface area contributed by atoms with Crippen LogP contribution in [0.3, 0.4) is 0 Å². The van der Waals surface area contributed by atoms with E-state index >= 15 is 0 Å². The lowest BCUT2D eigenvalue weighted by atomic mass is 10.1. The lowest BCUT2D eigenvalue weighted by Crippen LogP contribution is -2.33. The van der Waals surface area contributed by atoms with Gasteiger partial charge in [-0.1, -0.05) is 36.4 Å². The minimum atomic E-state index is -0.153. The molecule has 2 aromatic carbocycles. The summed E-state index contributed by atoms with van der Waals surface area (Å²) in [5.41, 5.74) is 0.982. The molecule has 0 heterocycles. The van der Waals surface area contributed by atoms with Crippen LogP contribution < -0.4 is 10.1 Å². The third kappa shape index (κ3) is 4.28. The van der Waals surface area contributed by atoms with Gasteiger partial charge in [0.15, 0.2) is 0 Å². The average Bonchev–Trinajstić information content (AvgIpc) is 2.55. The van der Waals surface area contributed by atoms with Crippen molar-refractivity contribution < 1.29 is 9.53 Å². The molecule has 0 saturated heterocycles. The molecule has 0 bridgehead atoms. The van der Waals surface area contributed by atoms with Crippen LogP contribution in [-0.4, -0.2) is 18.3 Å². The first-order chi connectivity index (χ1) is 10.6. The fourth-order valence-electron chi connectivity index (χ4n) is 2.19. The quantitative estimate of drug-likeness (QED) is 0.817. The highest BCUT2D eigenvalue weighted by atomic mass is 32.2. The maximum Gasteiger partial charge on any atom is 0.233 e. The van der Waals surface area contributed by atoms with Crippen LogP contribution in [0.4, 0.5) is 0 Å². The predicted octanol–water partition coefficient (Wildman–Crippen LogP) is 4.05. The summed E-state index contributed by atoms with van der Waals surface area (Å²) in [4.78, 5) is 13.5. The van der Waals surface area contributed by atoms with E-state index in [-0.39, 0.29) is 17.2 Å². The van der Waals surface area contributed by atoms with Crippen LogP contribution >= 0.6 is 11.8 Å². The van der Waals surface area contributed by atoms with E-state index in [0.717, 1.165) is 16.2 Å². The summed E-state index contributed by atoms with van der Waals surface area (Å²) in [5.74, 6) is 0.811. The Morgan fingerprint density at radius 1 is 1.05 bits per heavy atom. The largest absolute Gasteiger partial charge is 0.496 e. The number of para-hydroxylation sites is 1. The van der Waals surface area contributed by atoms with Crippen LogP contribution in [0.5, 0.6) is 5.75 Å². The Balaban J connectivity index is 1.98. The van der Waals surface area contributed by atoms with Crippen molar-refractivity contribution in [1.82, 2.24) is 5.32 Å². The molecule has 0 fully saturated rings. The minimum Gasteiger partial charge on any atom is -0.496 e. The van der Waals surface area contributed by atoms with Gasteiger partial charge in [0.05, 0.1) is 18.4 Å². The van der Waals surface area contributed by atoms with Crippen molar-refractivity contribution in [3.05, 3.63) is 60.2 Å². The molecule has 1 N–H and O–H groups in total. The van der Waals surface area contributed by atoms with Crippen molar-refractivity contribution in [3.63, 3.8) is 0 Å². The number of methoxy groups -OCH3 is 1. The van der Waals surface area contributed by atoms with Crippen LogP contribution in [0, 0.1) is 0 Å². The minimum absolute atomic E-state index is 0.0206. The van der Waals surface area contributed by atoms with Crippen molar-refractivity contribution >= 4 is 17.7 Å². The number of ether oxygens (including phenoxy) is 1. The molecule has 2 aromatic rings. The van der Waals surface area contributed by atoms with Gasteiger partial charge in [-0.25, -0.2) is 0 Å². The Bertz CT molecular complexity index is 615. The van der Waals surface area contributed by atoms with E-state index in [1.54, 1.807) is 18.9 Å². The summed E-state index contributed by atoms with van der Waals surface area (Å²) in [6, 6.07) is 17.6. The molecule has 22 heavy (non-hydrogen) atoms. The zero-order valence-electron chi connectivity index (χ0n) is 13.1. The molecule has 2 rings (SSSR count). The number of thioether (sulfide) groups is 1. The number of hydrogen-bond acceptors (Lipinski definition) is 3. The van der Waals surface area contributed by atoms with Gasteiger partial charge in [-0.3, -0.25) is 4.79 Å². The summed E-state index contributed by atoms with van der Waals surface area (Å²) >= 11 is 1.56. The van der Waals surface area contributed by atoms with Gasteiger partial charge in [-0.2, -0.15) is 0 Å². The summed E-state index contributed by atoms with van der Waals surface area (Å²) in [6.07, 6.45) is 0. The van der Waals surface area contributed by atoms with Crippen LogP contribution in [0.1, 0.15) is 25.5 Å². The Labute approximate surface area is 136 Å². The van der Waals surface area contributed by atoms with Gasteiger partial charge >= 0.3 is 0 Å². The maximum atomic E-state index is 12.4. The number of amides is 1. The van der Waals surface area contributed by atoms with E-state index < -0.39 is 0 Å². The van der Waals surface area contributed by atoms with Crippen molar-refractivity contribution in [2.75, 3.05) is 7.11 Å². The summed E-state index contributed by atoms with van der Waals surface area (Å²) in [7, 11) is 1.64. The highest BCUT2D eigenvalue weighted by Gasteiger charge is 2.18. The maximum absolute atomic E-state index is 12.4. The van der Waals surface area contributed by atoms with Gasteiger partial charge in [-0.05, 0) is 32.0 Å². The molecular formula is C18H21NO2S. The number of nitrogens with one attached hydrogen (secondary N) is 1. The molecule has 0 radical (unpaired) electrons. The van der Waals surface area contributed by atoms with Gasteiger partial charge in [0, 0.05) is 10.5 Å². The highest BCUT2D eigenvalue weighted by Crippen LogP contribution is 2.26. The van der Waals surface area contributed by atoms with Gasteiger partial charge in [-0.15, -0.1) is 11.8 Å². The molecule has 4 heteroatoms. The molecule has 0 aliphatic carbocycles. The van der Waals surface area contributed by atoms with Crippen molar-refractivity contribution in [3.8, 4) is 5.75 Å². The molecule has 0 aliphatic heterocycles. The van der Waals surface area contributed by atoms with Crippen LogP contribution in [0.25, 0.3) is 0 Å². The monoisotopic (exact) mass is 315 g/mol. The van der Waals surface area contributed by atoms with Gasteiger partial charge in [0.25, 0.3) is 0 Å². The second-order valence-corrected chi connectivity index (χ2v) is 6.46. The zero-order valence-corrected chi connectivity index (χ0v) is 13.9. The average molecular weight is 315 g/mol. The molecule has 0 saturated carbocycles. The van der Waals surface area contributed by atoms with E-state index in [2.05, 4.69) is 5.32 Å². The van der Waals surface area contributed by atoms with E-state index in [1.165, 1.54) is 0 Å². The first kappa shape index (κ1) is 16.4. The van der Waals surface area contributed by atoms with E-state index in [1.807, 2.05) is 68.4 Å². The third-order valence-electron chi connectivity index (χ3n) is 3.39. The lowest BCUT2D eigenvalue weighted by Gasteiger charge is -2.19. The van der Waals surface area contributed by atoms with E-state index in [9.17, 15) is 4.79 Å². The Morgan fingerprint density at radius 3 is 2.36 bits per heavy atom. The molecule has 0 unspecified atom stereocenters. The molecule has 3 nitrogen and oxygen atoms in total. The molecule has 116 valence electrons. The number of carbonyl (C=O) groups is 1. The standard InChI is InChI=1S/C18H21NO2S/c1-13(16-11-7-8-12-17(16)21-3)19-18(20)14(2)22-15-9-5-4-6-10-15/h4-14H,1-3H3,(H,19,20)/t13-,14-/m0/s1. The first-order valence-corrected chi connectivity index (χ1v) is 8.14. The predicted molar refractivity (Wildman–Crippen MR) is 91.3 cm³/mol. The van der Waals surface area contributed by atoms with Crippen LogP contribution in [-0.2, 0) is 4.79 Å².